The number of halogens is 3. The first kappa shape index (κ1) is 25.5. The minimum atomic E-state index is -3.44. The fraction of sp³-hybridized carbons (Fsp3) is 0.381. The predicted octanol–water partition coefficient (Wildman–Crippen LogP) is 3.62. The van der Waals surface area contributed by atoms with E-state index in [-0.39, 0.29) is 41.0 Å². The molecule has 0 spiro atoms. The lowest BCUT2D eigenvalue weighted by atomic mass is 10.2. The number of rotatable bonds is 7. The Labute approximate surface area is 199 Å². The van der Waals surface area contributed by atoms with Crippen molar-refractivity contribution in [2.24, 2.45) is 4.99 Å². The summed E-state index contributed by atoms with van der Waals surface area (Å²) in [6, 6.07) is 9.98. The molecule has 2 aromatic rings. The van der Waals surface area contributed by atoms with Crippen molar-refractivity contribution in [3.8, 4) is 0 Å². The van der Waals surface area contributed by atoms with E-state index in [9.17, 15) is 17.2 Å². The number of nitrogens with zero attached hydrogens (tertiary/aromatic N) is 2. The molecule has 0 amide bonds. The lowest BCUT2D eigenvalue weighted by Gasteiger charge is -2.15. The molecule has 1 fully saturated rings. The van der Waals surface area contributed by atoms with Crippen molar-refractivity contribution in [2.75, 3.05) is 19.6 Å². The molecule has 31 heavy (non-hydrogen) atoms. The molecule has 0 atom stereocenters. The molecule has 0 radical (unpaired) electrons. The molecule has 6 nitrogen and oxygen atoms in total. The van der Waals surface area contributed by atoms with Crippen LogP contribution in [0.1, 0.15) is 30.9 Å². The highest BCUT2D eigenvalue weighted by Crippen LogP contribution is 2.21. The van der Waals surface area contributed by atoms with E-state index in [0.717, 1.165) is 36.6 Å². The Morgan fingerprint density at radius 2 is 1.74 bits per heavy atom. The van der Waals surface area contributed by atoms with Crippen LogP contribution in [0.25, 0.3) is 0 Å². The minimum absolute atomic E-state index is 0. The molecule has 1 aliphatic heterocycles. The Morgan fingerprint density at radius 1 is 1.06 bits per heavy atom. The van der Waals surface area contributed by atoms with E-state index in [1.165, 1.54) is 4.31 Å². The van der Waals surface area contributed by atoms with Crippen molar-refractivity contribution >= 4 is 40.0 Å². The van der Waals surface area contributed by atoms with E-state index in [1.54, 1.807) is 24.3 Å². The van der Waals surface area contributed by atoms with Gasteiger partial charge in [-0.1, -0.05) is 12.1 Å². The normalized spacial score (nSPS) is 14.9. The fourth-order valence-corrected chi connectivity index (χ4v) is 4.73. The number of sulfonamides is 1. The van der Waals surface area contributed by atoms with Gasteiger partial charge in [0.15, 0.2) is 5.96 Å². The van der Waals surface area contributed by atoms with Gasteiger partial charge in [-0.15, -0.1) is 24.0 Å². The Hall–Kier alpha value is -1.79. The van der Waals surface area contributed by atoms with Crippen LogP contribution >= 0.6 is 24.0 Å². The van der Waals surface area contributed by atoms with Crippen molar-refractivity contribution in [3.05, 3.63) is 65.2 Å². The van der Waals surface area contributed by atoms with Gasteiger partial charge in [-0.3, -0.25) is 0 Å². The maximum Gasteiger partial charge on any atom is 0.243 e. The molecule has 10 heteroatoms. The van der Waals surface area contributed by atoms with Crippen LogP contribution < -0.4 is 10.6 Å². The zero-order valence-corrected chi connectivity index (χ0v) is 20.4. The van der Waals surface area contributed by atoms with Crippen LogP contribution in [0.15, 0.2) is 52.4 Å². The van der Waals surface area contributed by atoms with Gasteiger partial charge < -0.3 is 10.6 Å². The maximum atomic E-state index is 13.8. The molecular weight excluding hydrogens is 537 g/mol. The zero-order valence-electron chi connectivity index (χ0n) is 17.3. The summed E-state index contributed by atoms with van der Waals surface area (Å²) in [5.41, 5.74) is 1.04. The van der Waals surface area contributed by atoms with Crippen LogP contribution in [0, 0.1) is 11.6 Å². The number of hydrogen-bond acceptors (Lipinski definition) is 3. The maximum absolute atomic E-state index is 13.8. The van der Waals surface area contributed by atoms with Gasteiger partial charge in [-0.05, 0) is 55.7 Å². The van der Waals surface area contributed by atoms with Crippen LogP contribution in [0.5, 0.6) is 0 Å². The number of nitrogens with one attached hydrogen (secondary N) is 2. The van der Waals surface area contributed by atoms with Gasteiger partial charge in [0.1, 0.15) is 11.6 Å². The summed E-state index contributed by atoms with van der Waals surface area (Å²) in [5.74, 6) is -0.538. The smallest absolute Gasteiger partial charge is 0.243 e. The van der Waals surface area contributed by atoms with Crippen molar-refractivity contribution in [2.45, 2.75) is 37.8 Å². The highest BCUT2D eigenvalue weighted by atomic mass is 127. The summed E-state index contributed by atoms with van der Waals surface area (Å²) in [6.07, 6.45) is 1.79. The topological polar surface area (TPSA) is 73.8 Å². The standard InChI is InChI=1S/C21H26F2N4O2S.HI/c1-2-24-21(26-15-17-13-18(22)7-10-20(17)23)25-14-16-5-8-19(9-6-16)30(28,29)27-11-3-4-12-27;/h5-10,13H,2-4,11-12,14-15H2,1H3,(H2,24,25,26);1H. The lowest BCUT2D eigenvalue weighted by molar-refractivity contribution is 0.477. The average Bonchev–Trinajstić information content (AvgIpc) is 3.28. The van der Waals surface area contributed by atoms with Crippen LogP contribution in [-0.2, 0) is 23.1 Å². The van der Waals surface area contributed by atoms with Crippen molar-refractivity contribution in [3.63, 3.8) is 0 Å². The highest BCUT2D eigenvalue weighted by Gasteiger charge is 2.26. The molecule has 2 aromatic carbocycles. The van der Waals surface area contributed by atoms with E-state index in [0.29, 0.717) is 32.1 Å². The molecule has 0 bridgehead atoms. The third-order valence-corrected chi connectivity index (χ3v) is 6.76. The van der Waals surface area contributed by atoms with Crippen molar-refractivity contribution in [1.82, 2.24) is 14.9 Å². The van der Waals surface area contributed by atoms with E-state index in [4.69, 9.17) is 0 Å². The molecule has 0 saturated carbocycles. The van der Waals surface area contributed by atoms with E-state index >= 15 is 0 Å². The number of hydrogen-bond donors (Lipinski definition) is 2. The molecule has 0 unspecified atom stereocenters. The number of guanidine groups is 1. The molecule has 0 aromatic heterocycles. The second kappa shape index (κ2) is 11.7. The van der Waals surface area contributed by atoms with Crippen LogP contribution in [0.4, 0.5) is 8.78 Å². The Balaban J connectivity index is 0.00000341. The molecule has 1 heterocycles. The largest absolute Gasteiger partial charge is 0.357 e. The summed E-state index contributed by atoms with van der Waals surface area (Å²) in [7, 11) is -3.44. The van der Waals surface area contributed by atoms with Crippen LogP contribution in [0.2, 0.25) is 0 Å². The SMILES string of the molecule is CCNC(=NCc1ccc(S(=O)(=O)N2CCCC2)cc1)NCc1cc(F)ccc1F.I. The highest BCUT2D eigenvalue weighted by molar-refractivity contribution is 14.0. The van der Waals surface area contributed by atoms with Gasteiger partial charge in [-0.2, -0.15) is 4.31 Å². The number of aliphatic imine (C=N–C) groups is 1. The van der Waals surface area contributed by atoms with E-state index in [2.05, 4.69) is 15.6 Å². The Morgan fingerprint density at radius 3 is 2.39 bits per heavy atom. The second-order valence-corrected chi connectivity index (χ2v) is 8.98. The van der Waals surface area contributed by atoms with Gasteiger partial charge in [0.25, 0.3) is 0 Å². The summed E-state index contributed by atoms with van der Waals surface area (Å²) in [6.45, 7) is 4.03. The van der Waals surface area contributed by atoms with Gasteiger partial charge in [0.2, 0.25) is 10.0 Å². The molecule has 2 N–H and O–H groups in total. The minimum Gasteiger partial charge on any atom is -0.357 e. The molecule has 1 saturated heterocycles. The second-order valence-electron chi connectivity index (χ2n) is 7.04. The average molecular weight is 564 g/mol. The van der Waals surface area contributed by atoms with E-state index in [1.807, 2.05) is 6.92 Å². The molecule has 3 rings (SSSR count). The Bertz CT molecular complexity index is 995. The van der Waals surface area contributed by atoms with Crippen LogP contribution in [0.3, 0.4) is 0 Å². The van der Waals surface area contributed by atoms with Crippen molar-refractivity contribution < 1.29 is 17.2 Å². The van der Waals surface area contributed by atoms with Gasteiger partial charge in [0.05, 0.1) is 11.4 Å². The van der Waals surface area contributed by atoms with Gasteiger partial charge in [0, 0.05) is 31.7 Å². The third kappa shape index (κ3) is 6.84. The van der Waals surface area contributed by atoms with Crippen LogP contribution in [-0.4, -0.2) is 38.3 Å². The van der Waals surface area contributed by atoms with E-state index < -0.39 is 21.7 Å². The predicted molar refractivity (Wildman–Crippen MR) is 128 cm³/mol. The fourth-order valence-electron chi connectivity index (χ4n) is 3.21. The van der Waals surface area contributed by atoms with Crippen molar-refractivity contribution in [1.29, 1.82) is 0 Å². The first-order valence-electron chi connectivity index (χ1n) is 9.95. The summed E-state index contributed by atoms with van der Waals surface area (Å²) in [5, 5.41) is 6.03. The van der Waals surface area contributed by atoms with Gasteiger partial charge in [-0.25, -0.2) is 22.2 Å². The first-order valence-corrected chi connectivity index (χ1v) is 11.4. The summed E-state index contributed by atoms with van der Waals surface area (Å²) < 4.78 is 53.8. The quantitative estimate of drug-likeness (QED) is 0.306. The molecule has 1 aliphatic rings. The lowest BCUT2D eigenvalue weighted by Crippen LogP contribution is -2.37. The first-order chi connectivity index (χ1) is 14.4. The van der Waals surface area contributed by atoms with Gasteiger partial charge >= 0.3 is 0 Å². The molecular formula is C21H27F2IN4O2S. The number of benzene rings is 2. The summed E-state index contributed by atoms with van der Waals surface area (Å²) >= 11 is 0. The zero-order chi connectivity index (χ0) is 21.6. The molecule has 0 aliphatic carbocycles. The Kier molecular flexibility index (Phi) is 9.63. The summed E-state index contributed by atoms with van der Waals surface area (Å²) in [4.78, 5) is 4.72. The molecule has 170 valence electrons. The third-order valence-electron chi connectivity index (χ3n) is 4.84. The monoisotopic (exact) mass is 564 g/mol.